The van der Waals surface area contributed by atoms with Crippen molar-refractivity contribution >= 4 is 34.3 Å². The van der Waals surface area contributed by atoms with Gasteiger partial charge in [0.05, 0.1) is 0 Å². The van der Waals surface area contributed by atoms with Gasteiger partial charge in [-0.1, -0.05) is 53.7 Å². The number of hydrogen-bond donors (Lipinski definition) is 1. The molecule has 2 nitrogen and oxygen atoms in total. The van der Waals surface area contributed by atoms with Crippen LogP contribution in [0.4, 0.5) is 10.5 Å². The summed E-state index contributed by atoms with van der Waals surface area (Å²) in [5.74, 6) is 0.667. The van der Waals surface area contributed by atoms with Gasteiger partial charge < -0.3 is 5.32 Å². The van der Waals surface area contributed by atoms with E-state index in [0.29, 0.717) is 10.8 Å². The second-order valence-corrected chi connectivity index (χ2v) is 5.08. The molecular weight excluding hydrogens is 266 g/mol. The van der Waals surface area contributed by atoms with Crippen molar-refractivity contribution in [1.82, 2.24) is 0 Å². The Balaban J connectivity index is 1.84. The third-order valence-corrected chi connectivity index (χ3v) is 3.40. The molecule has 18 heavy (non-hydrogen) atoms. The second-order valence-electron chi connectivity index (χ2n) is 3.69. The fraction of sp³-hybridized carbons (Fsp3) is 0.0714. The Morgan fingerprint density at radius 1 is 1.06 bits per heavy atom. The molecule has 2 rings (SSSR count). The first-order valence-electron chi connectivity index (χ1n) is 5.47. The van der Waals surface area contributed by atoms with Crippen LogP contribution < -0.4 is 5.32 Å². The smallest absolute Gasteiger partial charge is 0.283 e. The van der Waals surface area contributed by atoms with Crippen LogP contribution >= 0.6 is 23.4 Å². The summed E-state index contributed by atoms with van der Waals surface area (Å²) in [4.78, 5) is 11.7. The van der Waals surface area contributed by atoms with Crippen LogP contribution in [0.3, 0.4) is 0 Å². The maximum Gasteiger partial charge on any atom is 0.283 e. The molecule has 92 valence electrons. The van der Waals surface area contributed by atoms with E-state index in [4.69, 9.17) is 11.6 Å². The number of anilines is 1. The van der Waals surface area contributed by atoms with Gasteiger partial charge in [0.25, 0.3) is 5.24 Å². The van der Waals surface area contributed by atoms with Gasteiger partial charge in [0.2, 0.25) is 0 Å². The van der Waals surface area contributed by atoms with E-state index < -0.39 is 0 Å². The van der Waals surface area contributed by atoms with Crippen LogP contribution in [0.15, 0.2) is 54.6 Å². The fourth-order valence-corrected chi connectivity index (χ4v) is 2.22. The lowest BCUT2D eigenvalue weighted by Gasteiger charge is -2.04. The summed E-state index contributed by atoms with van der Waals surface area (Å²) >= 11 is 7.02. The minimum absolute atomic E-state index is 0.0684. The monoisotopic (exact) mass is 277 g/mol. The lowest BCUT2D eigenvalue weighted by molar-refractivity contribution is 0.269. The van der Waals surface area contributed by atoms with E-state index in [1.165, 1.54) is 11.8 Å². The number of rotatable bonds is 3. The maximum atomic E-state index is 11.7. The van der Waals surface area contributed by atoms with Crippen LogP contribution in [0.2, 0.25) is 5.02 Å². The Kier molecular flexibility index (Phi) is 4.67. The average molecular weight is 278 g/mol. The fourth-order valence-electron chi connectivity index (χ4n) is 1.41. The van der Waals surface area contributed by atoms with Crippen LogP contribution in [-0.2, 0) is 5.75 Å². The van der Waals surface area contributed by atoms with Crippen LogP contribution in [-0.4, -0.2) is 5.24 Å². The molecule has 0 fully saturated rings. The van der Waals surface area contributed by atoms with Gasteiger partial charge >= 0.3 is 0 Å². The highest BCUT2D eigenvalue weighted by Crippen LogP contribution is 2.18. The van der Waals surface area contributed by atoms with E-state index in [2.05, 4.69) is 5.32 Å². The number of halogens is 1. The van der Waals surface area contributed by atoms with Crippen molar-refractivity contribution in [3.8, 4) is 0 Å². The van der Waals surface area contributed by atoms with Crippen LogP contribution in [0, 0.1) is 0 Å². The normalized spacial score (nSPS) is 10.1. The summed E-state index contributed by atoms with van der Waals surface area (Å²) in [5.41, 5.74) is 1.89. The summed E-state index contributed by atoms with van der Waals surface area (Å²) in [6.07, 6.45) is 0. The Hall–Kier alpha value is -1.45. The molecule has 4 heteroatoms. The molecule has 0 aromatic heterocycles. The van der Waals surface area contributed by atoms with E-state index >= 15 is 0 Å². The molecule has 2 aromatic carbocycles. The van der Waals surface area contributed by atoms with Crippen molar-refractivity contribution < 1.29 is 4.79 Å². The molecule has 0 unspecified atom stereocenters. The molecule has 0 saturated carbocycles. The van der Waals surface area contributed by atoms with E-state index in [9.17, 15) is 4.79 Å². The summed E-state index contributed by atoms with van der Waals surface area (Å²) < 4.78 is 0. The molecule has 0 aliphatic carbocycles. The molecule has 0 radical (unpaired) electrons. The van der Waals surface area contributed by atoms with Crippen LogP contribution in [0.5, 0.6) is 0 Å². The van der Waals surface area contributed by atoms with Crippen molar-refractivity contribution in [2.45, 2.75) is 5.75 Å². The van der Waals surface area contributed by atoms with E-state index in [1.54, 1.807) is 24.3 Å². The van der Waals surface area contributed by atoms with Crippen molar-refractivity contribution in [3.63, 3.8) is 0 Å². The molecule has 0 heterocycles. The van der Waals surface area contributed by atoms with E-state index in [-0.39, 0.29) is 5.24 Å². The Bertz CT molecular complexity index is 513. The number of thioether (sulfide) groups is 1. The zero-order valence-electron chi connectivity index (χ0n) is 9.60. The van der Waals surface area contributed by atoms with Gasteiger partial charge in [-0.15, -0.1) is 0 Å². The predicted octanol–water partition coefficient (Wildman–Crippen LogP) is 4.81. The first kappa shape index (κ1) is 13.0. The zero-order valence-corrected chi connectivity index (χ0v) is 11.2. The Morgan fingerprint density at radius 2 is 1.72 bits per heavy atom. The summed E-state index contributed by atoms with van der Waals surface area (Å²) in [5, 5.41) is 3.39. The van der Waals surface area contributed by atoms with Crippen molar-refractivity contribution in [1.29, 1.82) is 0 Å². The SMILES string of the molecule is O=C(Nc1ccc(Cl)cc1)SCc1ccccc1. The largest absolute Gasteiger partial charge is 0.317 e. The Morgan fingerprint density at radius 3 is 2.39 bits per heavy atom. The van der Waals surface area contributed by atoms with E-state index in [0.717, 1.165) is 11.3 Å². The number of carbonyl (C=O) groups is 1. The number of nitrogens with one attached hydrogen (secondary N) is 1. The minimum atomic E-state index is -0.0684. The van der Waals surface area contributed by atoms with Gasteiger partial charge in [0.15, 0.2) is 0 Å². The van der Waals surface area contributed by atoms with Crippen molar-refractivity contribution in [2.75, 3.05) is 5.32 Å². The first-order valence-corrected chi connectivity index (χ1v) is 6.84. The van der Waals surface area contributed by atoms with Crippen molar-refractivity contribution in [2.24, 2.45) is 0 Å². The molecule has 0 aliphatic heterocycles. The van der Waals surface area contributed by atoms with Crippen LogP contribution in [0.25, 0.3) is 0 Å². The highest BCUT2D eigenvalue weighted by molar-refractivity contribution is 8.13. The maximum absolute atomic E-state index is 11.7. The summed E-state index contributed by atoms with van der Waals surface area (Å²) in [6.45, 7) is 0. The Labute approximate surface area is 115 Å². The quantitative estimate of drug-likeness (QED) is 0.873. The number of amides is 1. The molecule has 0 saturated heterocycles. The summed E-state index contributed by atoms with van der Waals surface area (Å²) in [6, 6.07) is 17.0. The highest BCUT2D eigenvalue weighted by Gasteiger charge is 2.03. The molecule has 0 aliphatic rings. The topological polar surface area (TPSA) is 29.1 Å². The average Bonchev–Trinajstić information content (AvgIpc) is 2.40. The zero-order chi connectivity index (χ0) is 12.8. The van der Waals surface area contributed by atoms with Gasteiger partial charge in [-0.2, -0.15) is 0 Å². The standard InChI is InChI=1S/C14H12ClNOS/c15-12-6-8-13(9-7-12)16-14(17)18-10-11-4-2-1-3-5-11/h1-9H,10H2,(H,16,17). The first-order chi connectivity index (χ1) is 8.74. The number of benzene rings is 2. The van der Waals surface area contributed by atoms with E-state index in [1.807, 2.05) is 30.3 Å². The lowest BCUT2D eigenvalue weighted by Crippen LogP contribution is -2.04. The minimum Gasteiger partial charge on any atom is -0.317 e. The molecular formula is C14H12ClNOS. The molecule has 1 amide bonds. The third-order valence-electron chi connectivity index (χ3n) is 2.30. The van der Waals surface area contributed by atoms with Gasteiger partial charge in [0.1, 0.15) is 0 Å². The number of carbonyl (C=O) groups excluding carboxylic acids is 1. The van der Waals surface area contributed by atoms with Crippen molar-refractivity contribution in [3.05, 3.63) is 65.2 Å². The van der Waals surface area contributed by atoms with Gasteiger partial charge in [-0.05, 0) is 29.8 Å². The molecule has 0 bridgehead atoms. The molecule has 0 spiro atoms. The van der Waals surface area contributed by atoms with Gasteiger partial charge in [-0.3, -0.25) is 4.79 Å². The second kappa shape index (κ2) is 6.47. The summed E-state index contributed by atoms with van der Waals surface area (Å²) in [7, 11) is 0. The van der Waals surface area contributed by atoms with Gasteiger partial charge in [-0.25, -0.2) is 0 Å². The molecule has 0 atom stereocenters. The highest BCUT2D eigenvalue weighted by atomic mass is 35.5. The lowest BCUT2D eigenvalue weighted by atomic mass is 10.2. The van der Waals surface area contributed by atoms with Gasteiger partial charge in [0, 0.05) is 16.5 Å². The van der Waals surface area contributed by atoms with Crippen LogP contribution in [0.1, 0.15) is 5.56 Å². The predicted molar refractivity (Wildman–Crippen MR) is 78.2 cm³/mol. The molecule has 2 aromatic rings. The number of hydrogen-bond acceptors (Lipinski definition) is 2. The molecule has 1 N–H and O–H groups in total. The third kappa shape index (κ3) is 4.09.